The second-order valence-electron chi connectivity index (χ2n) is 6.17. The highest BCUT2D eigenvalue weighted by atomic mass is 32.2. The highest BCUT2D eigenvalue weighted by Crippen LogP contribution is 2.37. The van der Waals surface area contributed by atoms with E-state index in [0.717, 1.165) is 30.4 Å². The zero-order valence-electron chi connectivity index (χ0n) is 14.0. The average molecular weight is 342 g/mol. The molecule has 1 fully saturated rings. The van der Waals surface area contributed by atoms with Crippen LogP contribution < -0.4 is 4.74 Å². The van der Waals surface area contributed by atoms with E-state index < -0.39 is 9.84 Å². The lowest BCUT2D eigenvalue weighted by Crippen LogP contribution is -2.12. The SMILES string of the molecule is COc1cccc(/C(=C\C2CCC2)S(=O)(=O)c2ccccc2)c1C. The third-order valence-electron chi connectivity index (χ3n) is 4.65. The number of ether oxygens (including phenoxy) is 1. The van der Waals surface area contributed by atoms with Crippen LogP contribution in [-0.2, 0) is 9.84 Å². The van der Waals surface area contributed by atoms with Crippen molar-refractivity contribution in [2.75, 3.05) is 7.11 Å². The van der Waals surface area contributed by atoms with Gasteiger partial charge in [-0.15, -0.1) is 0 Å². The summed E-state index contributed by atoms with van der Waals surface area (Å²) in [7, 11) is -1.96. The van der Waals surface area contributed by atoms with Crippen LogP contribution in [0.2, 0.25) is 0 Å². The molecule has 0 heterocycles. The predicted octanol–water partition coefficient (Wildman–Crippen LogP) is 4.62. The summed E-state index contributed by atoms with van der Waals surface area (Å²) in [5.74, 6) is 1.04. The predicted molar refractivity (Wildman–Crippen MR) is 96.7 cm³/mol. The Morgan fingerprint density at radius 1 is 1.08 bits per heavy atom. The molecule has 4 heteroatoms. The molecular weight excluding hydrogens is 320 g/mol. The van der Waals surface area contributed by atoms with E-state index in [0.29, 0.717) is 21.5 Å². The van der Waals surface area contributed by atoms with Crippen LogP contribution in [0.3, 0.4) is 0 Å². The third-order valence-corrected chi connectivity index (χ3v) is 6.48. The number of rotatable bonds is 5. The Balaban J connectivity index is 2.17. The number of hydrogen-bond donors (Lipinski definition) is 0. The van der Waals surface area contributed by atoms with Crippen molar-refractivity contribution in [1.82, 2.24) is 0 Å². The van der Waals surface area contributed by atoms with Crippen molar-refractivity contribution >= 4 is 14.7 Å². The molecule has 0 radical (unpaired) electrons. The van der Waals surface area contributed by atoms with Gasteiger partial charge in [0.1, 0.15) is 5.75 Å². The van der Waals surface area contributed by atoms with Gasteiger partial charge in [0.2, 0.25) is 9.84 Å². The Morgan fingerprint density at radius 2 is 1.79 bits per heavy atom. The van der Waals surface area contributed by atoms with E-state index in [2.05, 4.69) is 0 Å². The van der Waals surface area contributed by atoms with Gasteiger partial charge in [0, 0.05) is 0 Å². The van der Waals surface area contributed by atoms with Crippen LogP contribution in [0.5, 0.6) is 5.75 Å². The number of allylic oxidation sites excluding steroid dienone is 1. The molecule has 0 spiro atoms. The van der Waals surface area contributed by atoms with Gasteiger partial charge >= 0.3 is 0 Å². The van der Waals surface area contributed by atoms with E-state index in [9.17, 15) is 8.42 Å². The van der Waals surface area contributed by atoms with Crippen LogP contribution >= 0.6 is 0 Å². The second kappa shape index (κ2) is 6.81. The van der Waals surface area contributed by atoms with E-state index in [4.69, 9.17) is 4.74 Å². The van der Waals surface area contributed by atoms with Gasteiger partial charge in [-0.25, -0.2) is 8.42 Å². The molecule has 24 heavy (non-hydrogen) atoms. The molecule has 0 unspecified atom stereocenters. The lowest BCUT2D eigenvalue weighted by atomic mass is 9.85. The first-order chi connectivity index (χ1) is 11.5. The summed E-state index contributed by atoms with van der Waals surface area (Å²) in [5.41, 5.74) is 1.58. The molecule has 0 bridgehead atoms. The van der Waals surface area contributed by atoms with Crippen molar-refractivity contribution < 1.29 is 13.2 Å². The average Bonchev–Trinajstić information content (AvgIpc) is 2.55. The zero-order chi connectivity index (χ0) is 17.2. The summed E-state index contributed by atoms with van der Waals surface area (Å²) in [5, 5.41) is 0. The number of methoxy groups -OCH3 is 1. The number of sulfone groups is 1. The lowest BCUT2D eigenvalue weighted by Gasteiger charge is -2.24. The smallest absolute Gasteiger partial charge is 0.206 e. The molecule has 1 saturated carbocycles. The molecule has 0 atom stereocenters. The highest BCUT2D eigenvalue weighted by Gasteiger charge is 2.27. The summed E-state index contributed by atoms with van der Waals surface area (Å²) in [4.78, 5) is 0.729. The summed E-state index contributed by atoms with van der Waals surface area (Å²) >= 11 is 0. The van der Waals surface area contributed by atoms with Gasteiger partial charge < -0.3 is 4.74 Å². The van der Waals surface area contributed by atoms with E-state index in [1.165, 1.54) is 0 Å². The Kier molecular flexibility index (Phi) is 4.76. The van der Waals surface area contributed by atoms with Crippen LogP contribution in [0, 0.1) is 12.8 Å². The molecule has 2 aromatic carbocycles. The fourth-order valence-electron chi connectivity index (χ4n) is 2.97. The molecule has 0 aliphatic heterocycles. The molecule has 0 amide bonds. The molecule has 2 aromatic rings. The Bertz CT molecular complexity index is 848. The van der Waals surface area contributed by atoms with Gasteiger partial charge in [-0.2, -0.15) is 0 Å². The Hall–Kier alpha value is -2.07. The minimum absolute atomic E-state index is 0.331. The minimum Gasteiger partial charge on any atom is -0.496 e. The first kappa shape index (κ1) is 16.8. The monoisotopic (exact) mass is 342 g/mol. The quantitative estimate of drug-likeness (QED) is 0.796. The Labute approximate surface area is 143 Å². The van der Waals surface area contributed by atoms with E-state index in [1.807, 2.05) is 37.3 Å². The van der Waals surface area contributed by atoms with Gasteiger partial charge in [0.05, 0.1) is 16.9 Å². The van der Waals surface area contributed by atoms with Crippen LogP contribution in [0.1, 0.15) is 30.4 Å². The van der Waals surface area contributed by atoms with Crippen molar-refractivity contribution in [1.29, 1.82) is 0 Å². The molecule has 1 aliphatic rings. The summed E-state index contributed by atoms with van der Waals surface area (Å²) < 4.78 is 31.9. The van der Waals surface area contributed by atoms with Crippen LogP contribution in [0.4, 0.5) is 0 Å². The van der Waals surface area contributed by atoms with Crippen molar-refractivity contribution in [2.45, 2.75) is 31.1 Å². The van der Waals surface area contributed by atoms with E-state index in [1.54, 1.807) is 31.4 Å². The largest absolute Gasteiger partial charge is 0.496 e. The molecular formula is C20H22O3S. The van der Waals surface area contributed by atoms with Gasteiger partial charge in [0.15, 0.2) is 0 Å². The van der Waals surface area contributed by atoms with Gasteiger partial charge in [0.25, 0.3) is 0 Å². The first-order valence-electron chi connectivity index (χ1n) is 8.20. The molecule has 3 rings (SSSR count). The standard InChI is InChI=1S/C20H22O3S/c1-15-18(12-7-13-19(15)23-2)20(14-16-8-6-9-16)24(21,22)17-10-4-3-5-11-17/h3-5,7,10-14,16H,6,8-9H2,1-2H3/b20-14+. The van der Waals surface area contributed by atoms with Gasteiger partial charge in [-0.05, 0) is 55.0 Å². The van der Waals surface area contributed by atoms with E-state index in [-0.39, 0.29) is 0 Å². The topological polar surface area (TPSA) is 43.4 Å². The summed E-state index contributed by atoms with van der Waals surface area (Å²) in [6.45, 7) is 1.91. The van der Waals surface area contributed by atoms with Gasteiger partial charge in [-0.3, -0.25) is 0 Å². The number of benzene rings is 2. The van der Waals surface area contributed by atoms with Crippen LogP contribution in [0.15, 0.2) is 59.5 Å². The van der Waals surface area contributed by atoms with E-state index >= 15 is 0 Å². The maximum Gasteiger partial charge on any atom is 0.206 e. The van der Waals surface area contributed by atoms with Crippen LogP contribution in [0.25, 0.3) is 4.91 Å². The summed E-state index contributed by atoms with van der Waals surface area (Å²) in [6.07, 6.45) is 5.21. The summed E-state index contributed by atoms with van der Waals surface area (Å²) in [6, 6.07) is 14.2. The normalized spacial score (nSPS) is 15.8. The highest BCUT2D eigenvalue weighted by molar-refractivity contribution is 8.00. The fraction of sp³-hybridized carbons (Fsp3) is 0.300. The number of hydrogen-bond acceptors (Lipinski definition) is 3. The van der Waals surface area contributed by atoms with Gasteiger partial charge in [-0.1, -0.05) is 42.8 Å². The molecule has 0 N–H and O–H groups in total. The maximum absolute atomic E-state index is 13.3. The van der Waals surface area contributed by atoms with Crippen molar-refractivity contribution in [2.24, 2.45) is 5.92 Å². The minimum atomic E-state index is -3.57. The lowest BCUT2D eigenvalue weighted by molar-refractivity contribution is 0.389. The Morgan fingerprint density at radius 3 is 2.38 bits per heavy atom. The second-order valence-corrected chi connectivity index (χ2v) is 8.09. The van der Waals surface area contributed by atoms with Crippen LogP contribution in [-0.4, -0.2) is 15.5 Å². The first-order valence-corrected chi connectivity index (χ1v) is 9.68. The molecule has 1 aliphatic carbocycles. The fourth-order valence-corrected chi connectivity index (χ4v) is 4.63. The molecule has 126 valence electrons. The maximum atomic E-state index is 13.3. The van der Waals surface area contributed by atoms with Crippen molar-refractivity contribution in [3.05, 3.63) is 65.7 Å². The third kappa shape index (κ3) is 3.11. The van der Waals surface area contributed by atoms with Crippen molar-refractivity contribution in [3.63, 3.8) is 0 Å². The zero-order valence-corrected chi connectivity index (χ0v) is 14.8. The molecule has 3 nitrogen and oxygen atoms in total. The molecule has 0 aromatic heterocycles. The van der Waals surface area contributed by atoms with Crippen molar-refractivity contribution in [3.8, 4) is 5.75 Å². The molecule has 0 saturated heterocycles.